The standard InChI is InChI=1S/C18H14F3NO5/c1-11(23)12-2-6-14(7-3-12)22-16(24)10-26-17(25)13-4-8-15(9-5-13)27-18(19,20)21/h2-9H,10H2,1H3,(H,22,24). The van der Waals surface area contributed by atoms with Gasteiger partial charge in [-0.05, 0) is 55.5 Å². The molecule has 0 radical (unpaired) electrons. The Bertz CT molecular complexity index is 830. The summed E-state index contributed by atoms with van der Waals surface area (Å²) in [6, 6.07) is 10.2. The van der Waals surface area contributed by atoms with Crippen molar-refractivity contribution in [2.75, 3.05) is 11.9 Å². The Balaban J connectivity index is 1.85. The lowest BCUT2D eigenvalue weighted by atomic mass is 10.1. The largest absolute Gasteiger partial charge is 0.573 e. The van der Waals surface area contributed by atoms with E-state index in [1.807, 2.05) is 0 Å². The lowest BCUT2D eigenvalue weighted by molar-refractivity contribution is -0.274. The number of rotatable bonds is 6. The first-order chi connectivity index (χ1) is 12.6. The number of halogens is 3. The van der Waals surface area contributed by atoms with Crippen LogP contribution in [0.2, 0.25) is 0 Å². The molecule has 0 saturated carbocycles. The molecule has 142 valence electrons. The second-order valence-electron chi connectivity index (χ2n) is 5.33. The summed E-state index contributed by atoms with van der Waals surface area (Å²) in [6.07, 6.45) is -4.83. The molecule has 1 amide bonds. The van der Waals surface area contributed by atoms with Crippen molar-refractivity contribution in [2.45, 2.75) is 13.3 Å². The Hall–Kier alpha value is -3.36. The molecule has 2 rings (SSSR count). The van der Waals surface area contributed by atoms with Gasteiger partial charge in [0.1, 0.15) is 5.75 Å². The van der Waals surface area contributed by atoms with Gasteiger partial charge in [-0.2, -0.15) is 0 Å². The number of carbonyl (C=O) groups is 3. The van der Waals surface area contributed by atoms with E-state index in [0.29, 0.717) is 11.3 Å². The van der Waals surface area contributed by atoms with Gasteiger partial charge in [-0.1, -0.05) is 0 Å². The Kier molecular flexibility index (Phi) is 6.17. The van der Waals surface area contributed by atoms with Crippen molar-refractivity contribution < 1.29 is 37.0 Å². The number of hydrogen-bond acceptors (Lipinski definition) is 5. The zero-order valence-electron chi connectivity index (χ0n) is 14.0. The summed E-state index contributed by atoms with van der Waals surface area (Å²) in [4.78, 5) is 34.8. The minimum absolute atomic E-state index is 0.0388. The van der Waals surface area contributed by atoms with Crippen molar-refractivity contribution >= 4 is 23.3 Å². The minimum Gasteiger partial charge on any atom is -0.452 e. The van der Waals surface area contributed by atoms with Crippen molar-refractivity contribution in [3.8, 4) is 5.75 Å². The maximum Gasteiger partial charge on any atom is 0.573 e. The molecule has 0 bridgehead atoms. The minimum atomic E-state index is -4.83. The number of hydrogen-bond donors (Lipinski definition) is 1. The van der Waals surface area contributed by atoms with Gasteiger partial charge in [-0.3, -0.25) is 9.59 Å². The van der Waals surface area contributed by atoms with E-state index in [1.54, 1.807) is 0 Å². The monoisotopic (exact) mass is 381 g/mol. The van der Waals surface area contributed by atoms with Gasteiger partial charge in [-0.25, -0.2) is 4.79 Å². The number of amides is 1. The lowest BCUT2D eigenvalue weighted by Gasteiger charge is -2.09. The van der Waals surface area contributed by atoms with E-state index in [0.717, 1.165) is 24.3 Å². The summed E-state index contributed by atoms with van der Waals surface area (Å²) in [5.41, 5.74) is 0.857. The molecule has 0 aliphatic carbocycles. The highest BCUT2D eigenvalue weighted by Crippen LogP contribution is 2.22. The molecule has 0 aliphatic heterocycles. The van der Waals surface area contributed by atoms with Crippen LogP contribution < -0.4 is 10.1 Å². The molecular formula is C18H14F3NO5. The molecule has 9 heteroatoms. The fourth-order valence-corrected chi connectivity index (χ4v) is 1.99. The first kappa shape index (κ1) is 20.0. The van der Waals surface area contributed by atoms with Crippen LogP contribution in [0.1, 0.15) is 27.6 Å². The third kappa shape index (κ3) is 6.46. The van der Waals surface area contributed by atoms with E-state index in [1.165, 1.54) is 31.2 Å². The summed E-state index contributed by atoms with van der Waals surface area (Å²) in [5.74, 6) is -2.09. The number of esters is 1. The van der Waals surface area contributed by atoms with Crippen molar-refractivity contribution in [3.05, 3.63) is 59.7 Å². The van der Waals surface area contributed by atoms with Crippen molar-refractivity contribution in [1.82, 2.24) is 0 Å². The van der Waals surface area contributed by atoms with Crippen LogP contribution in [0.5, 0.6) is 5.75 Å². The van der Waals surface area contributed by atoms with Crippen LogP contribution in [0.15, 0.2) is 48.5 Å². The van der Waals surface area contributed by atoms with Crippen LogP contribution in [0.4, 0.5) is 18.9 Å². The average Bonchev–Trinajstić information content (AvgIpc) is 2.59. The van der Waals surface area contributed by atoms with Gasteiger partial charge in [-0.15, -0.1) is 13.2 Å². The van der Waals surface area contributed by atoms with Gasteiger partial charge in [0, 0.05) is 11.3 Å². The van der Waals surface area contributed by atoms with Gasteiger partial charge in [0.25, 0.3) is 5.91 Å². The number of ether oxygens (including phenoxy) is 2. The van der Waals surface area contributed by atoms with Crippen molar-refractivity contribution in [1.29, 1.82) is 0 Å². The predicted molar refractivity (Wildman–Crippen MR) is 88.5 cm³/mol. The number of anilines is 1. The van der Waals surface area contributed by atoms with Gasteiger partial charge < -0.3 is 14.8 Å². The normalized spacial score (nSPS) is 10.8. The molecule has 0 aromatic heterocycles. The van der Waals surface area contributed by atoms with Gasteiger partial charge >= 0.3 is 12.3 Å². The summed E-state index contributed by atoms with van der Waals surface area (Å²) < 4.78 is 44.7. The molecule has 1 N–H and O–H groups in total. The molecule has 0 saturated heterocycles. The Morgan fingerprint density at radius 1 is 0.926 bits per heavy atom. The van der Waals surface area contributed by atoms with Crippen LogP contribution in [-0.2, 0) is 9.53 Å². The van der Waals surface area contributed by atoms with E-state index < -0.39 is 30.6 Å². The predicted octanol–water partition coefficient (Wildman–Crippen LogP) is 3.58. The summed E-state index contributed by atoms with van der Waals surface area (Å²) in [7, 11) is 0. The van der Waals surface area contributed by atoms with Crippen LogP contribution in [0.25, 0.3) is 0 Å². The third-order valence-corrected chi connectivity index (χ3v) is 3.23. The highest BCUT2D eigenvalue weighted by atomic mass is 19.4. The molecule has 0 atom stereocenters. The van der Waals surface area contributed by atoms with E-state index >= 15 is 0 Å². The highest BCUT2D eigenvalue weighted by molar-refractivity contribution is 5.97. The van der Waals surface area contributed by atoms with Gasteiger partial charge in [0.2, 0.25) is 0 Å². The van der Waals surface area contributed by atoms with Crippen molar-refractivity contribution in [3.63, 3.8) is 0 Å². The fraction of sp³-hybridized carbons (Fsp3) is 0.167. The molecule has 6 nitrogen and oxygen atoms in total. The first-order valence-corrected chi connectivity index (χ1v) is 7.58. The molecule has 0 heterocycles. The summed E-state index contributed by atoms with van der Waals surface area (Å²) in [5, 5.41) is 2.48. The molecule has 0 unspecified atom stereocenters. The quantitative estimate of drug-likeness (QED) is 0.611. The number of carbonyl (C=O) groups excluding carboxylic acids is 3. The van der Waals surface area contributed by atoms with Crippen LogP contribution >= 0.6 is 0 Å². The molecule has 0 spiro atoms. The highest BCUT2D eigenvalue weighted by Gasteiger charge is 2.31. The molecule has 0 aliphatic rings. The number of alkyl halides is 3. The van der Waals surface area contributed by atoms with Crippen LogP contribution in [-0.4, -0.2) is 30.6 Å². The van der Waals surface area contributed by atoms with Gasteiger partial charge in [0.15, 0.2) is 12.4 Å². The maximum absolute atomic E-state index is 12.1. The second-order valence-corrected chi connectivity index (χ2v) is 5.33. The van der Waals surface area contributed by atoms with Crippen LogP contribution in [0, 0.1) is 0 Å². The van der Waals surface area contributed by atoms with E-state index in [2.05, 4.69) is 10.1 Å². The molecule has 27 heavy (non-hydrogen) atoms. The number of Topliss-reactive ketones (excluding diaryl/α,β-unsaturated/α-hetero) is 1. The Labute approximate surface area is 151 Å². The molecule has 2 aromatic rings. The first-order valence-electron chi connectivity index (χ1n) is 7.58. The lowest BCUT2D eigenvalue weighted by Crippen LogP contribution is -2.21. The number of benzene rings is 2. The summed E-state index contributed by atoms with van der Waals surface area (Å²) >= 11 is 0. The van der Waals surface area contributed by atoms with E-state index in [4.69, 9.17) is 4.74 Å². The van der Waals surface area contributed by atoms with Crippen molar-refractivity contribution in [2.24, 2.45) is 0 Å². The zero-order valence-corrected chi connectivity index (χ0v) is 14.0. The third-order valence-electron chi connectivity index (χ3n) is 3.23. The van der Waals surface area contributed by atoms with Gasteiger partial charge in [0.05, 0.1) is 5.56 Å². The van der Waals surface area contributed by atoms with Crippen LogP contribution in [0.3, 0.4) is 0 Å². The number of nitrogens with one attached hydrogen (secondary N) is 1. The maximum atomic E-state index is 12.1. The topological polar surface area (TPSA) is 81.7 Å². The van der Waals surface area contributed by atoms with E-state index in [-0.39, 0.29) is 11.3 Å². The second kappa shape index (κ2) is 8.35. The molecule has 0 fully saturated rings. The molecule has 2 aromatic carbocycles. The smallest absolute Gasteiger partial charge is 0.452 e. The van der Waals surface area contributed by atoms with E-state index in [9.17, 15) is 27.6 Å². The molecular weight excluding hydrogens is 367 g/mol. The zero-order chi connectivity index (χ0) is 20.0. The average molecular weight is 381 g/mol. The Morgan fingerprint density at radius 2 is 1.48 bits per heavy atom. The Morgan fingerprint density at radius 3 is 2.00 bits per heavy atom. The summed E-state index contributed by atoms with van der Waals surface area (Å²) in [6.45, 7) is 0.822. The fourth-order valence-electron chi connectivity index (χ4n) is 1.99. The SMILES string of the molecule is CC(=O)c1ccc(NC(=O)COC(=O)c2ccc(OC(F)(F)F)cc2)cc1. The number of ketones is 1.